The predicted molar refractivity (Wildman–Crippen MR) is 70.6 cm³/mol. The van der Waals surface area contributed by atoms with Gasteiger partial charge in [0, 0.05) is 18.6 Å². The smallest absolute Gasteiger partial charge is 0.123 e. The van der Waals surface area contributed by atoms with E-state index in [0.29, 0.717) is 6.04 Å². The van der Waals surface area contributed by atoms with E-state index in [4.69, 9.17) is 0 Å². The molecule has 0 amide bonds. The summed E-state index contributed by atoms with van der Waals surface area (Å²) in [6.07, 6.45) is 0.960. The molecule has 0 saturated heterocycles. The first kappa shape index (κ1) is 14.1. The quantitative estimate of drug-likeness (QED) is 0.820. The first-order valence-corrected chi connectivity index (χ1v) is 6.19. The Hall–Kier alpha value is -0.930. The van der Waals surface area contributed by atoms with Crippen LogP contribution < -0.4 is 5.32 Å². The molecule has 2 nitrogen and oxygen atoms in total. The van der Waals surface area contributed by atoms with E-state index in [9.17, 15) is 4.39 Å². The molecule has 1 aromatic carbocycles. The number of likely N-dealkylation sites (N-methyl/N-ethyl adjacent to an activating group) is 1. The van der Waals surface area contributed by atoms with E-state index in [1.165, 1.54) is 6.07 Å². The molecule has 0 saturated carbocycles. The fourth-order valence-electron chi connectivity index (χ4n) is 2.12. The Kier molecular flexibility index (Phi) is 5.59. The molecule has 0 aromatic heterocycles. The summed E-state index contributed by atoms with van der Waals surface area (Å²) < 4.78 is 13.2. The molecule has 17 heavy (non-hydrogen) atoms. The highest BCUT2D eigenvalue weighted by atomic mass is 19.1. The van der Waals surface area contributed by atoms with Gasteiger partial charge in [0.2, 0.25) is 0 Å². The second-order valence-corrected chi connectivity index (χ2v) is 4.85. The van der Waals surface area contributed by atoms with Gasteiger partial charge in [-0.15, -0.1) is 0 Å². The zero-order chi connectivity index (χ0) is 12.8. The molecule has 0 heterocycles. The third-order valence-electron chi connectivity index (χ3n) is 2.78. The zero-order valence-corrected chi connectivity index (χ0v) is 11.2. The van der Waals surface area contributed by atoms with Crippen molar-refractivity contribution in [1.82, 2.24) is 10.2 Å². The number of hydrogen-bond donors (Lipinski definition) is 1. The van der Waals surface area contributed by atoms with Crippen molar-refractivity contribution in [3.8, 4) is 0 Å². The van der Waals surface area contributed by atoms with Gasteiger partial charge in [0.1, 0.15) is 5.82 Å². The largest absolute Gasteiger partial charge is 0.308 e. The maximum atomic E-state index is 13.2. The average molecular weight is 238 g/mol. The van der Waals surface area contributed by atoms with Crippen LogP contribution in [0.1, 0.15) is 31.9 Å². The molecule has 2 atom stereocenters. The van der Waals surface area contributed by atoms with Gasteiger partial charge in [-0.25, -0.2) is 4.39 Å². The number of nitrogens with zero attached hydrogens (tertiary/aromatic N) is 1. The molecule has 0 aliphatic heterocycles. The molecule has 0 spiro atoms. The Labute approximate surface area is 104 Å². The van der Waals surface area contributed by atoms with Crippen LogP contribution in [-0.2, 0) is 0 Å². The summed E-state index contributed by atoms with van der Waals surface area (Å²) in [4.78, 5) is 2.15. The number of nitrogens with one attached hydrogen (secondary N) is 1. The normalized spacial score (nSPS) is 14.9. The van der Waals surface area contributed by atoms with Crippen LogP contribution >= 0.6 is 0 Å². The minimum absolute atomic E-state index is 0.164. The molecule has 96 valence electrons. The molecule has 0 fully saturated rings. The highest BCUT2D eigenvalue weighted by Gasteiger charge is 2.13. The third kappa shape index (κ3) is 4.84. The standard InChI is InChI=1S/C14H23FN2/c1-5-14(16-11(2)10-17(3)4)12-7-6-8-13(15)9-12/h6-9,11,14,16H,5,10H2,1-4H3. The number of halogens is 1. The Morgan fingerprint density at radius 2 is 2.06 bits per heavy atom. The summed E-state index contributed by atoms with van der Waals surface area (Å²) in [5.74, 6) is -0.164. The predicted octanol–water partition coefficient (Wildman–Crippen LogP) is 2.82. The number of benzene rings is 1. The lowest BCUT2D eigenvalue weighted by Crippen LogP contribution is -2.38. The van der Waals surface area contributed by atoms with Gasteiger partial charge in [-0.3, -0.25) is 0 Å². The molecule has 1 N–H and O–H groups in total. The first-order chi connectivity index (χ1) is 8.02. The van der Waals surface area contributed by atoms with Gasteiger partial charge in [0.25, 0.3) is 0 Å². The van der Waals surface area contributed by atoms with Crippen molar-refractivity contribution in [3.63, 3.8) is 0 Å². The molecule has 0 aliphatic carbocycles. The van der Waals surface area contributed by atoms with Crippen LogP contribution in [-0.4, -0.2) is 31.6 Å². The number of hydrogen-bond acceptors (Lipinski definition) is 2. The van der Waals surface area contributed by atoms with Crippen LogP contribution in [0.4, 0.5) is 4.39 Å². The van der Waals surface area contributed by atoms with Gasteiger partial charge in [-0.2, -0.15) is 0 Å². The lowest BCUT2D eigenvalue weighted by atomic mass is 10.0. The summed E-state index contributed by atoms with van der Waals surface area (Å²) in [7, 11) is 4.11. The fraction of sp³-hybridized carbons (Fsp3) is 0.571. The highest BCUT2D eigenvalue weighted by Crippen LogP contribution is 2.18. The van der Waals surface area contributed by atoms with Gasteiger partial charge >= 0.3 is 0 Å². The van der Waals surface area contributed by atoms with Crippen molar-refractivity contribution in [2.45, 2.75) is 32.4 Å². The van der Waals surface area contributed by atoms with Crippen molar-refractivity contribution < 1.29 is 4.39 Å². The van der Waals surface area contributed by atoms with Crippen molar-refractivity contribution >= 4 is 0 Å². The molecule has 1 rings (SSSR count). The summed E-state index contributed by atoms with van der Waals surface area (Å²) in [5.41, 5.74) is 1.03. The molecule has 2 unspecified atom stereocenters. The zero-order valence-electron chi connectivity index (χ0n) is 11.2. The Balaban J connectivity index is 2.65. The lowest BCUT2D eigenvalue weighted by Gasteiger charge is -2.25. The number of rotatable bonds is 6. The van der Waals surface area contributed by atoms with E-state index >= 15 is 0 Å². The fourth-order valence-corrected chi connectivity index (χ4v) is 2.12. The van der Waals surface area contributed by atoms with Gasteiger partial charge in [0.15, 0.2) is 0 Å². The van der Waals surface area contributed by atoms with Crippen molar-refractivity contribution in [2.24, 2.45) is 0 Å². The Morgan fingerprint density at radius 1 is 1.35 bits per heavy atom. The monoisotopic (exact) mass is 238 g/mol. The minimum Gasteiger partial charge on any atom is -0.308 e. The topological polar surface area (TPSA) is 15.3 Å². The summed E-state index contributed by atoms with van der Waals surface area (Å²) >= 11 is 0. The van der Waals surface area contributed by atoms with Gasteiger partial charge in [-0.1, -0.05) is 19.1 Å². The highest BCUT2D eigenvalue weighted by molar-refractivity contribution is 5.20. The van der Waals surface area contributed by atoms with Gasteiger partial charge < -0.3 is 10.2 Å². The molecule has 3 heteroatoms. The molecular weight excluding hydrogens is 215 g/mol. The van der Waals surface area contributed by atoms with Crippen LogP contribution in [0.3, 0.4) is 0 Å². The molecule has 1 aromatic rings. The Morgan fingerprint density at radius 3 is 2.59 bits per heavy atom. The molecule has 0 aliphatic rings. The van der Waals surface area contributed by atoms with E-state index < -0.39 is 0 Å². The molecule has 0 bridgehead atoms. The van der Waals surface area contributed by atoms with Gasteiger partial charge in [-0.05, 0) is 45.1 Å². The van der Waals surface area contributed by atoms with Crippen molar-refractivity contribution in [1.29, 1.82) is 0 Å². The maximum absolute atomic E-state index is 13.2. The van der Waals surface area contributed by atoms with Crippen LogP contribution in [0.15, 0.2) is 24.3 Å². The van der Waals surface area contributed by atoms with Crippen LogP contribution in [0.25, 0.3) is 0 Å². The van der Waals surface area contributed by atoms with Crippen molar-refractivity contribution in [2.75, 3.05) is 20.6 Å². The van der Waals surface area contributed by atoms with E-state index in [2.05, 4.69) is 38.2 Å². The molecular formula is C14H23FN2. The van der Waals surface area contributed by atoms with Crippen molar-refractivity contribution in [3.05, 3.63) is 35.6 Å². The SMILES string of the molecule is CCC(NC(C)CN(C)C)c1cccc(F)c1. The lowest BCUT2D eigenvalue weighted by molar-refractivity contribution is 0.326. The van der Waals surface area contributed by atoms with E-state index in [1.54, 1.807) is 12.1 Å². The van der Waals surface area contributed by atoms with Crippen LogP contribution in [0.5, 0.6) is 0 Å². The summed E-state index contributed by atoms with van der Waals surface area (Å²) in [6.45, 7) is 5.25. The average Bonchev–Trinajstić information content (AvgIpc) is 2.24. The summed E-state index contributed by atoms with van der Waals surface area (Å²) in [5, 5.41) is 3.53. The maximum Gasteiger partial charge on any atom is 0.123 e. The Bertz CT molecular complexity index is 339. The van der Waals surface area contributed by atoms with Gasteiger partial charge in [0.05, 0.1) is 0 Å². The second kappa shape index (κ2) is 6.72. The minimum atomic E-state index is -0.164. The van der Waals surface area contributed by atoms with Crippen LogP contribution in [0.2, 0.25) is 0 Å². The second-order valence-electron chi connectivity index (χ2n) is 4.85. The molecule has 0 radical (unpaired) electrons. The van der Waals surface area contributed by atoms with Crippen LogP contribution in [0, 0.1) is 5.82 Å². The summed E-state index contributed by atoms with van der Waals surface area (Å²) in [6, 6.07) is 7.46. The first-order valence-electron chi connectivity index (χ1n) is 6.19. The third-order valence-corrected chi connectivity index (χ3v) is 2.78. The van der Waals surface area contributed by atoms with E-state index in [0.717, 1.165) is 18.5 Å². The van der Waals surface area contributed by atoms with E-state index in [1.807, 2.05) is 6.07 Å². The van der Waals surface area contributed by atoms with E-state index in [-0.39, 0.29) is 11.9 Å².